The monoisotopic (exact) mass is 330 g/mol. The van der Waals surface area contributed by atoms with Crippen LogP contribution in [0.3, 0.4) is 0 Å². The standard InChI is InChI=1S/C18H26N4O2/c1-13-3-7-22(8-4-13)18-19-11-16(12-20-18)17(24)21-9-5-15(6-10-21)14(2)23/h11-13,15H,3-10H2,1-2H3. The number of hydrogen-bond acceptors (Lipinski definition) is 5. The van der Waals surface area contributed by atoms with Crippen LogP contribution >= 0.6 is 0 Å². The lowest BCUT2D eigenvalue weighted by atomic mass is 9.93. The van der Waals surface area contributed by atoms with Crippen LogP contribution in [0.2, 0.25) is 0 Å². The highest BCUT2D eigenvalue weighted by Gasteiger charge is 2.26. The molecule has 0 aromatic carbocycles. The number of ketones is 1. The third kappa shape index (κ3) is 3.74. The number of carbonyl (C=O) groups is 2. The Kier molecular flexibility index (Phi) is 5.11. The van der Waals surface area contributed by atoms with Gasteiger partial charge in [0.15, 0.2) is 0 Å². The molecule has 1 aromatic rings. The SMILES string of the molecule is CC(=O)C1CCN(C(=O)c2cnc(N3CCC(C)CC3)nc2)CC1. The number of anilines is 1. The fourth-order valence-electron chi connectivity index (χ4n) is 3.48. The topological polar surface area (TPSA) is 66.4 Å². The van der Waals surface area contributed by atoms with Gasteiger partial charge in [-0.25, -0.2) is 9.97 Å². The van der Waals surface area contributed by atoms with Crippen LogP contribution in [0.25, 0.3) is 0 Å². The van der Waals surface area contributed by atoms with E-state index in [4.69, 9.17) is 0 Å². The fourth-order valence-corrected chi connectivity index (χ4v) is 3.48. The third-order valence-corrected chi connectivity index (χ3v) is 5.31. The molecule has 2 aliphatic heterocycles. The van der Waals surface area contributed by atoms with Gasteiger partial charge >= 0.3 is 0 Å². The van der Waals surface area contributed by atoms with Crippen LogP contribution in [0.5, 0.6) is 0 Å². The first-order valence-corrected chi connectivity index (χ1v) is 8.91. The van der Waals surface area contributed by atoms with Crippen LogP contribution in [0.4, 0.5) is 5.95 Å². The third-order valence-electron chi connectivity index (χ3n) is 5.31. The summed E-state index contributed by atoms with van der Waals surface area (Å²) in [5.41, 5.74) is 0.533. The number of likely N-dealkylation sites (tertiary alicyclic amines) is 1. The normalized spacial score (nSPS) is 20.2. The largest absolute Gasteiger partial charge is 0.341 e. The molecule has 24 heavy (non-hydrogen) atoms. The van der Waals surface area contributed by atoms with Crippen LogP contribution < -0.4 is 4.90 Å². The minimum atomic E-state index is -0.0316. The van der Waals surface area contributed by atoms with E-state index in [-0.39, 0.29) is 17.6 Å². The van der Waals surface area contributed by atoms with E-state index in [1.807, 2.05) is 0 Å². The molecule has 0 N–H and O–H groups in total. The Bertz CT molecular complexity index is 586. The Balaban J connectivity index is 1.59. The molecule has 2 aliphatic rings. The van der Waals surface area contributed by atoms with Crippen molar-refractivity contribution in [1.29, 1.82) is 0 Å². The molecule has 3 rings (SSSR count). The lowest BCUT2D eigenvalue weighted by Crippen LogP contribution is -2.40. The number of nitrogens with zero attached hydrogens (tertiary/aromatic N) is 4. The molecule has 0 atom stereocenters. The summed E-state index contributed by atoms with van der Waals surface area (Å²) < 4.78 is 0. The number of piperidine rings is 2. The molecule has 0 saturated carbocycles. The number of aromatic nitrogens is 2. The number of carbonyl (C=O) groups excluding carboxylic acids is 2. The van der Waals surface area contributed by atoms with E-state index >= 15 is 0 Å². The Labute approximate surface area is 143 Å². The average Bonchev–Trinajstić information content (AvgIpc) is 2.62. The highest BCUT2D eigenvalue weighted by molar-refractivity contribution is 5.94. The zero-order valence-electron chi connectivity index (χ0n) is 14.6. The van der Waals surface area contributed by atoms with Gasteiger partial charge in [-0.1, -0.05) is 6.92 Å². The van der Waals surface area contributed by atoms with Crippen molar-refractivity contribution in [1.82, 2.24) is 14.9 Å². The average molecular weight is 330 g/mol. The van der Waals surface area contributed by atoms with E-state index in [0.29, 0.717) is 24.6 Å². The molecule has 0 radical (unpaired) electrons. The number of rotatable bonds is 3. The molecule has 1 amide bonds. The Hall–Kier alpha value is -1.98. The molecule has 0 bridgehead atoms. The van der Waals surface area contributed by atoms with Gasteiger partial charge in [0, 0.05) is 44.5 Å². The molecule has 1 aromatic heterocycles. The van der Waals surface area contributed by atoms with Crippen molar-refractivity contribution >= 4 is 17.6 Å². The van der Waals surface area contributed by atoms with Gasteiger partial charge in [0.05, 0.1) is 5.56 Å². The summed E-state index contributed by atoms with van der Waals surface area (Å²) in [5.74, 6) is 1.78. The maximum absolute atomic E-state index is 12.6. The summed E-state index contributed by atoms with van der Waals surface area (Å²) in [4.78, 5) is 36.8. The first-order chi connectivity index (χ1) is 11.5. The van der Waals surface area contributed by atoms with E-state index in [9.17, 15) is 9.59 Å². The van der Waals surface area contributed by atoms with Crippen LogP contribution in [-0.4, -0.2) is 52.7 Å². The Morgan fingerprint density at radius 2 is 1.58 bits per heavy atom. The second kappa shape index (κ2) is 7.28. The molecule has 130 valence electrons. The molecule has 2 saturated heterocycles. The summed E-state index contributed by atoms with van der Waals surface area (Å²) in [7, 11) is 0. The first kappa shape index (κ1) is 16.9. The van der Waals surface area contributed by atoms with Crippen molar-refractivity contribution in [2.24, 2.45) is 11.8 Å². The Morgan fingerprint density at radius 1 is 1.00 bits per heavy atom. The van der Waals surface area contributed by atoms with Gasteiger partial charge in [-0.3, -0.25) is 9.59 Å². The smallest absolute Gasteiger partial charge is 0.256 e. The summed E-state index contributed by atoms with van der Waals surface area (Å²) in [5, 5.41) is 0. The number of amides is 1. The molecule has 0 unspecified atom stereocenters. The highest BCUT2D eigenvalue weighted by atomic mass is 16.2. The van der Waals surface area contributed by atoms with Gasteiger partial charge in [-0.05, 0) is 38.5 Å². The maximum atomic E-state index is 12.6. The zero-order valence-corrected chi connectivity index (χ0v) is 14.6. The van der Waals surface area contributed by atoms with E-state index in [0.717, 1.165) is 44.7 Å². The minimum Gasteiger partial charge on any atom is -0.341 e. The lowest BCUT2D eigenvalue weighted by molar-refractivity contribution is -0.121. The van der Waals surface area contributed by atoms with E-state index < -0.39 is 0 Å². The molecule has 0 aliphatic carbocycles. The highest BCUT2D eigenvalue weighted by Crippen LogP contribution is 2.21. The van der Waals surface area contributed by atoms with Gasteiger partial charge in [-0.2, -0.15) is 0 Å². The second-order valence-corrected chi connectivity index (χ2v) is 7.12. The van der Waals surface area contributed by atoms with Crippen LogP contribution in [0.15, 0.2) is 12.4 Å². The molecule has 3 heterocycles. The van der Waals surface area contributed by atoms with Crippen molar-refractivity contribution in [3.05, 3.63) is 18.0 Å². The van der Waals surface area contributed by atoms with Gasteiger partial charge in [0.2, 0.25) is 5.95 Å². The second-order valence-electron chi connectivity index (χ2n) is 7.12. The molecule has 0 spiro atoms. The van der Waals surface area contributed by atoms with Crippen LogP contribution in [-0.2, 0) is 4.79 Å². The van der Waals surface area contributed by atoms with Gasteiger partial charge in [0.1, 0.15) is 5.78 Å². The molecule has 2 fully saturated rings. The maximum Gasteiger partial charge on any atom is 0.256 e. The number of Topliss-reactive ketones (excluding diaryl/α,β-unsaturated/α-hetero) is 1. The molecular weight excluding hydrogens is 304 g/mol. The van der Waals surface area contributed by atoms with Gasteiger partial charge in [0.25, 0.3) is 5.91 Å². The first-order valence-electron chi connectivity index (χ1n) is 8.91. The predicted molar refractivity (Wildman–Crippen MR) is 92.0 cm³/mol. The Morgan fingerprint density at radius 3 is 2.12 bits per heavy atom. The zero-order chi connectivity index (χ0) is 17.1. The number of hydrogen-bond donors (Lipinski definition) is 0. The summed E-state index contributed by atoms with van der Waals surface area (Å²) >= 11 is 0. The lowest BCUT2D eigenvalue weighted by Gasteiger charge is -2.31. The van der Waals surface area contributed by atoms with Crippen LogP contribution in [0, 0.1) is 11.8 Å². The van der Waals surface area contributed by atoms with Crippen molar-refractivity contribution in [3.8, 4) is 0 Å². The molecule has 6 nitrogen and oxygen atoms in total. The predicted octanol–water partition coefficient (Wildman–Crippen LogP) is 2.15. The van der Waals surface area contributed by atoms with Crippen molar-refractivity contribution in [3.63, 3.8) is 0 Å². The van der Waals surface area contributed by atoms with Crippen molar-refractivity contribution < 1.29 is 9.59 Å². The molecule has 6 heteroatoms. The van der Waals surface area contributed by atoms with E-state index in [1.165, 1.54) is 0 Å². The van der Waals surface area contributed by atoms with Gasteiger partial charge in [-0.15, -0.1) is 0 Å². The summed E-state index contributed by atoms with van der Waals surface area (Å²) in [6, 6.07) is 0. The van der Waals surface area contributed by atoms with E-state index in [1.54, 1.807) is 24.2 Å². The minimum absolute atomic E-state index is 0.0316. The van der Waals surface area contributed by atoms with Gasteiger partial charge < -0.3 is 9.80 Å². The van der Waals surface area contributed by atoms with Crippen molar-refractivity contribution in [2.45, 2.75) is 39.5 Å². The fraction of sp³-hybridized carbons (Fsp3) is 0.667. The summed E-state index contributed by atoms with van der Waals surface area (Å²) in [6.07, 6.45) is 7.11. The van der Waals surface area contributed by atoms with Crippen LogP contribution in [0.1, 0.15) is 49.9 Å². The summed E-state index contributed by atoms with van der Waals surface area (Å²) in [6.45, 7) is 7.13. The quantitative estimate of drug-likeness (QED) is 0.849. The van der Waals surface area contributed by atoms with E-state index in [2.05, 4.69) is 21.8 Å². The molecular formula is C18H26N4O2. The van der Waals surface area contributed by atoms with Crippen molar-refractivity contribution in [2.75, 3.05) is 31.1 Å².